The Hall–Kier alpha value is -0.720. The fourth-order valence-electron chi connectivity index (χ4n) is 1.46. The molecule has 1 nitrogen and oxygen atoms in total. The predicted molar refractivity (Wildman–Crippen MR) is 49.0 cm³/mol. The molecule has 1 atom stereocenters. The molecule has 0 aliphatic heterocycles. The zero-order valence-electron chi connectivity index (χ0n) is 7.65. The maximum atomic E-state index is 5.87. The zero-order chi connectivity index (χ0) is 8.43. The van der Waals surface area contributed by atoms with Crippen LogP contribution in [-0.2, 0) is 0 Å². The summed E-state index contributed by atoms with van der Waals surface area (Å²) in [5.74, 6) is 0.686. The highest BCUT2D eigenvalue weighted by molar-refractivity contribution is 5.32. The first-order valence-electron chi connectivity index (χ1n) is 4.25. The maximum Gasteiger partial charge on any atom is 0.0113 e. The minimum Gasteiger partial charge on any atom is -0.402 e. The normalized spacial score (nSPS) is 26.5. The quantitative estimate of drug-likeness (QED) is 0.566. The molecule has 0 radical (unpaired) electrons. The van der Waals surface area contributed by atoms with Crippen molar-refractivity contribution in [3.05, 3.63) is 22.9 Å². The third kappa shape index (κ3) is 1.86. The van der Waals surface area contributed by atoms with E-state index in [-0.39, 0.29) is 0 Å². The van der Waals surface area contributed by atoms with E-state index in [0.717, 1.165) is 12.1 Å². The molecule has 62 valence electrons. The molecule has 0 saturated carbocycles. The molecular weight excluding hydrogens is 134 g/mol. The van der Waals surface area contributed by atoms with Crippen LogP contribution in [0.15, 0.2) is 22.9 Å². The summed E-state index contributed by atoms with van der Waals surface area (Å²) < 4.78 is 0. The summed E-state index contributed by atoms with van der Waals surface area (Å²) in [5, 5.41) is 0. The average Bonchev–Trinajstić information content (AvgIpc) is 2.05. The molecule has 2 N–H and O–H groups in total. The Morgan fingerprint density at radius 1 is 1.45 bits per heavy atom. The van der Waals surface area contributed by atoms with Crippen molar-refractivity contribution in [2.75, 3.05) is 0 Å². The Balaban J connectivity index is 2.90. The number of hydrogen-bond donors (Lipinski definition) is 1. The van der Waals surface area contributed by atoms with Gasteiger partial charge in [0.15, 0.2) is 0 Å². The largest absolute Gasteiger partial charge is 0.402 e. The monoisotopic (exact) mass is 151 g/mol. The van der Waals surface area contributed by atoms with Gasteiger partial charge in [-0.2, -0.15) is 0 Å². The van der Waals surface area contributed by atoms with Crippen LogP contribution in [0.1, 0.15) is 33.6 Å². The molecule has 0 heterocycles. The maximum absolute atomic E-state index is 5.87. The summed E-state index contributed by atoms with van der Waals surface area (Å²) in [7, 11) is 0. The van der Waals surface area contributed by atoms with Gasteiger partial charge in [-0.25, -0.2) is 0 Å². The first kappa shape index (κ1) is 8.38. The van der Waals surface area contributed by atoms with Crippen molar-refractivity contribution >= 4 is 0 Å². The molecule has 1 aliphatic rings. The van der Waals surface area contributed by atoms with Crippen molar-refractivity contribution in [1.29, 1.82) is 0 Å². The van der Waals surface area contributed by atoms with Gasteiger partial charge in [-0.1, -0.05) is 18.6 Å². The fraction of sp³-hybridized carbons (Fsp3) is 0.600. The van der Waals surface area contributed by atoms with E-state index in [1.165, 1.54) is 17.6 Å². The van der Waals surface area contributed by atoms with E-state index in [2.05, 4.69) is 26.8 Å². The molecule has 1 heteroatoms. The first-order chi connectivity index (χ1) is 5.11. The number of rotatable bonds is 0. The summed E-state index contributed by atoms with van der Waals surface area (Å²) in [6.07, 6.45) is 4.57. The summed E-state index contributed by atoms with van der Waals surface area (Å²) in [5.41, 5.74) is 9.58. The molecule has 0 saturated heterocycles. The Morgan fingerprint density at radius 3 is 2.73 bits per heavy atom. The Labute approximate surface area is 69.0 Å². The van der Waals surface area contributed by atoms with Crippen molar-refractivity contribution in [1.82, 2.24) is 0 Å². The summed E-state index contributed by atoms with van der Waals surface area (Å²) in [4.78, 5) is 0. The zero-order valence-corrected chi connectivity index (χ0v) is 7.65. The van der Waals surface area contributed by atoms with Gasteiger partial charge in [-0.15, -0.1) is 0 Å². The van der Waals surface area contributed by atoms with Crippen molar-refractivity contribution in [3.63, 3.8) is 0 Å². The second-order valence-electron chi connectivity index (χ2n) is 3.52. The molecule has 1 aliphatic carbocycles. The van der Waals surface area contributed by atoms with Gasteiger partial charge in [-0.3, -0.25) is 0 Å². The fourth-order valence-corrected chi connectivity index (χ4v) is 1.46. The average molecular weight is 151 g/mol. The molecule has 0 bridgehead atoms. The lowest BCUT2D eigenvalue weighted by atomic mass is 10.0. The predicted octanol–water partition coefficient (Wildman–Crippen LogP) is 2.60. The van der Waals surface area contributed by atoms with Gasteiger partial charge in [0.2, 0.25) is 0 Å². The van der Waals surface area contributed by atoms with Gasteiger partial charge in [0, 0.05) is 5.70 Å². The summed E-state index contributed by atoms with van der Waals surface area (Å²) in [6.45, 7) is 6.50. The van der Waals surface area contributed by atoms with E-state index in [1.807, 2.05) is 0 Å². The van der Waals surface area contributed by atoms with Crippen molar-refractivity contribution < 1.29 is 0 Å². The minimum atomic E-state index is 0.686. The first-order valence-corrected chi connectivity index (χ1v) is 4.25. The highest BCUT2D eigenvalue weighted by atomic mass is 14.6. The second-order valence-corrected chi connectivity index (χ2v) is 3.52. The Kier molecular flexibility index (Phi) is 2.38. The molecule has 0 spiro atoms. The Bertz CT molecular complexity index is 211. The lowest BCUT2D eigenvalue weighted by Crippen LogP contribution is -2.00. The number of nitrogens with two attached hydrogens (primary N) is 1. The van der Waals surface area contributed by atoms with Gasteiger partial charge in [0.05, 0.1) is 0 Å². The van der Waals surface area contributed by atoms with Gasteiger partial charge < -0.3 is 5.73 Å². The smallest absolute Gasteiger partial charge is 0.0113 e. The van der Waals surface area contributed by atoms with Crippen LogP contribution in [-0.4, -0.2) is 0 Å². The highest BCUT2D eigenvalue weighted by Gasteiger charge is 2.08. The van der Waals surface area contributed by atoms with Gasteiger partial charge in [0.1, 0.15) is 0 Å². The molecule has 11 heavy (non-hydrogen) atoms. The molecule has 0 aromatic rings. The Morgan fingerprint density at radius 2 is 2.09 bits per heavy atom. The molecule has 1 rings (SSSR count). The molecule has 0 aromatic carbocycles. The van der Waals surface area contributed by atoms with Crippen molar-refractivity contribution in [2.45, 2.75) is 33.6 Å². The standard InChI is InChI=1S/C10H17N/c1-7-4-5-10(11)9(3)8(2)6-7/h6-7H,4-5,11H2,1-3H3/t7-/m0/s1. The van der Waals surface area contributed by atoms with Crippen LogP contribution in [0.3, 0.4) is 0 Å². The van der Waals surface area contributed by atoms with Crippen molar-refractivity contribution in [2.24, 2.45) is 11.7 Å². The topological polar surface area (TPSA) is 26.0 Å². The van der Waals surface area contributed by atoms with Crippen LogP contribution < -0.4 is 5.73 Å². The molecule has 0 fully saturated rings. The van der Waals surface area contributed by atoms with E-state index in [4.69, 9.17) is 5.73 Å². The van der Waals surface area contributed by atoms with Crippen LogP contribution in [0.2, 0.25) is 0 Å². The molecule has 0 amide bonds. The molecular formula is C10H17N. The van der Waals surface area contributed by atoms with Crippen molar-refractivity contribution in [3.8, 4) is 0 Å². The highest BCUT2D eigenvalue weighted by Crippen LogP contribution is 2.23. The summed E-state index contributed by atoms with van der Waals surface area (Å²) in [6, 6.07) is 0. The minimum absolute atomic E-state index is 0.686. The van der Waals surface area contributed by atoms with Crippen LogP contribution in [0.5, 0.6) is 0 Å². The van der Waals surface area contributed by atoms with Crippen LogP contribution in [0.4, 0.5) is 0 Å². The third-order valence-electron chi connectivity index (χ3n) is 2.48. The number of hydrogen-bond acceptors (Lipinski definition) is 1. The lowest BCUT2D eigenvalue weighted by Gasteiger charge is -2.02. The SMILES string of the molecule is CC1=C[C@@H](C)CCC(N)=C1C. The van der Waals surface area contributed by atoms with E-state index in [9.17, 15) is 0 Å². The van der Waals surface area contributed by atoms with E-state index < -0.39 is 0 Å². The van der Waals surface area contributed by atoms with Crippen LogP contribution in [0, 0.1) is 5.92 Å². The van der Waals surface area contributed by atoms with Gasteiger partial charge in [-0.05, 0) is 38.2 Å². The van der Waals surface area contributed by atoms with Gasteiger partial charge in [0.25, 0.3) is 0 Å². The molecule has 0 aromatic heterocycles. The third-order valence-corrected chi connectivity index (χ3v) is 2.48. The van der Waals surface area contributed by atoms with E-state index >= 15 is 0 Å². The van der Waals surface area contributed by atoms with Gasteiger partial charge >= 0.3 is 0 Å². The lowest BCUT2D eigenvalue weighted by molar-refractivity contribution is 0.646. The second kappa shape index (κ2) is 3.12. The van der Waals surface area contributed by atoms with Crippen LogP contribution in [0.25, 0.3) is 0 Å². The van der Waals surface area contributed by atoms with E-state index in [1.54, 1.807) is 0 Å². The molecule has 0 unspecified atom stereocenters. The van der Waals surface area contributed by atoms with Crippen LogP contribution >= 0.6 is 0 Å². The number of allylic oxidation sites excluding steroid dienone is 4. The summed E-state index contributed by atoms with van der Waals surface area (Å²) >= 11 is 0. The van der Waals surface area contributed by atoms with E-state index in [0.29, 0.717) is 5.92 Å².